The lowest BCUT2D eigenvalue weighted by Crippen LogP contribution is -2.40. The molecule has 0 aliphatic carbocycles. The van der Waals surface area contributed by atoms with Crippen LogP contribution in [0.25, 0.3) is 33.6 Å². The van der Waals surface area contributed by atoms with Gasteiger partial charge in [-0.3, -0.25) is 14.6 Å². The van der Waals surface area contributed by atoms with Crippen LogP contribution in [-0.2, 0) is 29.2 Å². The highest BCUT2D eigenvalue weighted by Crippen LogP contribution is 2.28. The van der Waals surface area contributed by atoms with Crippen LogP contribution in [0, 0.1) is 0 Å². The molecule has 1 atom stereocenters. The summed E-state index contributed by atoms with van der Waals surface area (Å²) < 4.78 is 5.54. The molecule has 2 amide bonds. The number of carbonyl (C=O) groups excluding carboxylic acids is 2. The van der Waals surface area contributed by atoms with Crippen molar-refractivity contribution in [1.29, 1.82) is 0 Å². The third kappa shape index (κ3) is 9.66. The van der Waals surface area contributed by atoms with E-state index in [1.54, 1.807) is 11.1 Å². The van der Waals surface area contributed by atoms with Crippen molar-refractivity contribution in [2.45, 2.75) is 39.1 Å². The van der Waals surface area contributed by atoms with Crippen LogP contribution in [-0.4, -0.2) is 79.6 Å². The molecule has 11 heteroatoms. The number of thiol groups is 1. The first-order valence-electron chi connectivity index (χ1n) is 18.2. The van der Waals surface area contributed by atoms with Gasteiger partial charge >= 0.3 is 6.09 Å². The number of aromatic nitrogens is 4. The molecule has 54 heavy (non-hydrogen) atoms. The fourth-order valence-electron chi connectivity index (χ4n) is 6.40. The number of hydrogen-bond acceptors (Lipinski definition) is 7. The van der Waals surface area contributed by atoms with Gasteiger partial charge < -0.3 is 19.6 Å². The summed E-state index contributed by atoms with van der Waals surface area (Å²) in [5.41, 5.74) is 7.84. The van der Waals surface area contributed by atoms with Crippen molar-refractivity contribution in [2.75, 3.05) is 32.9 Å². The molecule has 0 bridgehead atoms. The average Bonchev–Trinajstić information content (AvgIpc) is 3.88. The maximum absolute atomic E-state index is 13.8. The van der Waals surface area contributed by atoms with Crippen LogP contribution in [0.2, 0.25) is 0 Å². The summed E-state index contributed by atoms with van der Waals surface area (Å²) in [4.78, 5) is 48.1. The molecule has 278 valence electrons. The van der Waals surface area contributed by atoms with Crippen molar-refractivity contribution in [1.82, 2.24) is 34.6 Å². The van der Waals surface area contributed by atoms with Crippen molar-refractivity contribution >= 4 is 24.6 Å². The van der Waals surface area contributed by atoms with Crippen LogP contribution in [0.4, 0.5) is 4.79 Å². The van der Waals surface area contributed by atoms with Gasteiger partial charge in [-0.1, -0.05) is 116 Å². The van der Waals surface area contributed by atoms with Crippen LogP contribution < -0.4 is 0 Å². The van der Waals surface area contributed by atoms with E-state index in [9.17, 15) is 9.59 Å². The summed E-state index contributed by atoms with van der Waals surface area (Å²) in [5, 5.41) is 0. The first-order valence-corrected chi connectivity index (χ1v) is 18.8. The number of rotatable bonds is 16. The standard InChI is InChI=1S/C43H47N7O3S/c1-4-23-49(42(51)41(48(2)3)36-13-9-6-10-14-36)28-39-44-26-37(46-39)34-19-15-32(16-20-34)33-17-21-35(22-18-33)38-27-45-40(47-38)29-50(24-25-54)43(52)53-30-31-11-7-5-8-12-31/h5-22,26-27,41,54H,4,23-25,28-30H2,1-3H3,(H,44,46)(H,45,47). The van der Waals surface area contributed by atoms with E-state index in [0.29, 0.717) is 31.2 Å². The molecule has 0 saturated heterocycles. The minimum absolute atomic E-state index is 0.0574. The molecule has 0 spiro atoms. The number of benzene rings is 4. The van der Waals surface area contributed by atoms with Crippen molar-refractivity contribution in [2.24, 2.45) is 0 Å². The largest absolute Gasteiger partial charge is 0.445 e. The Morgan fingerprint density at radius 1 is 0.685 bits per heavy atom. The lowest BCUT2D eigenvalue weighted by Gasteiger charge is -2.30. The Labute approximate surface area is 322 Å². The van der Waals surface area contributed by atoms with Gasteiger partial charge in [0, 0.05) is 18.8 Å². The maximum Gasteiger partial charge on any atom is 0.410 e. The van der Waals surface area contributed by atoms with Gasteiger partial charge in [0.05, 0.1) is 36.9 Å². The molecule has 0 radical (unpaired) electrons. The molecule has 0 aliphatic heterocycles. The van der Waals surface area contributed by atoms with Crippen molar-refractivity contribution in [3.63, 3.8) is 0 Å². The number of ether oxygens (including phenoxy) is 1. The zero-order valence-corrected chi connectivity index (χ0v) is 31.9. The monoisotopic (exact) mass is 741 g/mol. The third-order valence-corrected chi connectivity index (χ3v) is 9.37. The van der Waals surface area contributed by atoms with Crippen LogP contribution in [0.5, 0.6) is 0 Å². The quantitative estimate of drug-likeness (QED) is 0.0863. The summed E-state index contributed by atoms with van der Waals surface area (Å²) >= 11 is 4.33. The molecule has 2 heterocycles. The molecule has 6 rings (SSSR count). The first-order chi connectivity index (χ1) is 26.3. The highest BCUT2D eigenvalue weighted by atomic mass is 32.1. The van der Waals surface area contributed by atoms with Crippen molar-refractivity contribution in [3.8, 4) is 33.6 Å². The van der Waals surface area contributed by atoms with E-state index in [2.05, 4.69) is 88.0 Å². The highest BCUT2D eigenvalue weighted by Gasteiger charge is 2.28. The van der Waals surface area contributed by atoms with Gasteiger partial charge in [-0.05, 0) is 53.9 Å². The molecule has 6 aromatic rings. The van der Waals surface area contributed by atoms with E-state index in [-0.39, 0.29) is 25.1 Å². The summed E-state index contributed by atoms with van der Waals surface area (Å²) in [6.45, 7) is 4.06. The number of H-pyrrole nitrogens is 2. The Morgan fingerprint density at radius 2 is 1.19 bits per heavy atom. The highest BCUT2D eigenvalue weighted by molar-refractivity contribution is 7.80. The molecule has 0 saturated carbocycles. The molecule has 4 aromatic carbocycles. The zero-order valence-electron chi connectivity index (χ0n) is 31.0. The van der Waals surface area contributed by atoms with Gasteiger partial charge in [0.25, 0.3) is 0 Å². The summed E-state index contributed by atoms with van der Waals surface area (Å²) in [6.07, 6.45) is 4.06. The lowest BCUT2D eigenvalue weighted by atomic mass is 10.0. The fourth-order valence-corrected chi connectivity index (χ4v) is 6.64. The van der Waals surface area contributed by atoms with Crippen molar-refractivity contribution < 1.29 is 14.3 Å². The molecule has 2 N–H and O–H groups in total. The van der Waals surface area contributed by atoms with Gasteiger partial charge in [0.1, 0.15) is 24.3 Å². The number of nitrogens with one attached hydrogen (secondary N) is 2. The SMILES string of the molecule is CCCN(Cc1ncc(-c2ccc(-c3ccc(-c4cnc(CN(CCS)C(=O)OCc5ccccc5)[nH]4)cc3)cc2)[nH]1)C(=O)C(c1ccccc1)N(C)C. The Balaban J connectivity index is 1.07. The Morgan fingerprint density at radius 3 is 1.69 bits per heavy atom. The number of aromatic amines is 2. The predicted molar refractivity (Wildman–Crippen MR) is 217 cm³/mol. The third-order valence-electron chi connectivity index (χ3n) is 9.17. The van der Waals surface area contributed by atoms with Gasteiger partial charge in [0.15, 0.2) is 0 Å². The van der Waals surface area contributed by atoms with E-state index in [1.807, 2.05) is 90.8 Å². The number of hydrogen-bond donors (Lipinski definition) is 3. The topological polar surface area (TPSA) is 110 Å². The maximum atomic E-state index is 13.8. The predicted octanol–water partition coefficient (Wildman–Crippen LogP) is 8.24. The molecule has 2 aromatic heterocycles. The summed E-state index contributed by atoms with van der Waals surface area (Å²) in [7, 11) is 3.88. The van der Waals surface area contributed by atoms with Crippen LogP contribution in [0.3, 0.4) is 0 Å². The molecular formula is C43H47N7O3S. The van der Waals surface area contributed by atoms with E-state index in [1.165, 1.54) is 0 Å². The number of amides is 2. The van der Waals surface area contributed by atoms with Gasteiger partial charge in [-0.2, -0.15) is 12.6 Å². The van der Waals surface area contributed by atoms with Crippen molar-refractivity contribution in [3.05, 3.63) is 144 Å². The van der Waals surface area contributed by atoms with Gasteiger partial charge in [-0.15, -0.1) is 0 Å². The average molecular weight is 742 g/mol. The molecule has 1 unspecified atom stereocenters. The minimum Gasteiger partial charge on any atom is -0.445 e. The summed E-state index contributed by atoms with van der Waals surface area (Å²) in [5.74, 6) is 1.98. The molecule has 10 nitrogen and oxygen atoms in total. The van der Waals surface area contributed by atoms with Gasteiger partial charge in [0.2, 0.25) is 5.91 Å². The Bertz CT molecular complexity index is 2080. The zero-order chi connectivity index (χ0) is 37.9. The second kappa shape index (κ2) is 18.4. The normalized spacial score (nSPS) is 11.7. The van der Waals surface area contributed by atoms with Gasteiger partial charge in [-0.25, -0.2) is 14.8 Å². The van der Waals surface area contributed by atoms with Crippen LogP contribution >= 0.6 is 12.6 Å². The van der Waals surface area contributed by atoms with E-state index in [4.69, 9.17) is 4.74 Å². The second-order valence-corrected chi connectivity index (χ2v) is 13.8. The number of carbonyl (C=O) groups is 2. The van der Waals surface area contributed by atoms with Crippen LogP contribution in [0.15, 0.2) is 122 Å². The molecule has 0 aliphatic rings. The lowest BCUT2D eigenvalue weighted by molar-refractivity contribution is -0.137. The molecular weight excluding hydrogens is 695 g/mol. The first kappa shape index (κ1) is 38.1. The van der Waals surface area contributed by atoms with E-state index in [0.717, 1.165) is 57.0 Å². The Kier molecular flexibility index (Phi) is 13.0. The minimum atomic E-state index is -0.405. The van der Waals surface area contributed by atoms with Crippen LogP contribution in [0.1, 0.15) is 42.2 Å². The van der Waals surface area contributed by atoms with E-state index < -0.39 is 6.09 Å². The number of nitrogens with zero attached hydrogens (tertiary/aromatic N) is 5. The fraction of sp³-hybridized carbons (Fsp3) is 0.256. The second-order valence-electron chi connectivity index (χ2n) is 13.4. The molecule has 0 fully saturated rings. The summed E-state index contributed by atoms with van der Waals surface area (Å²) in [6, 6.07) is 35.8. The number of likely N-dealkylation sites (N-methyl/N-ethyl adjacent to an activating group) is 1. The smallest absolute Gasteiger partial charge is 0.410 e. The Hall–Kier alpha value is -5.65. The van der Waals surface area contributed by atoms with E-state index >= 15 is 0 Å². The number of imidazole rings is 2.